The Labute approximate surface area is 245 Å². The predicted molar refractivity (Wildman–Crippen MR) is 153 cm³/mol. The van der Waals surface area contributed by atoms with Crippen LogP contribution in [0, 0.1) is 5.92 Å². The Kier molecular flexibility index (Phi) is 8.78. The van der Waals surface area contributed by atoms with E-state index in [2.05, 4.69) is 41.6 Å². The number of amides is 3. The first kappa shape index (κ1) is 30.4. The fourth-order valence-electron chi connectivity index (χ4n) is 3.62. The summed E-state index contributed by atoms with van der Waals surface area (Å²) in [5.41, 5.74) is 0.0436. The maximum absolute atomic E-state index is 12.9. The molecule has 1 aromatic carbocycles. The average molecular weight is 568 g/mol. The Morgan fingerprint density at radius 2 is 1.83 bits per heavy atom. The van der Waals surface area contributed by atoms with Gasteiger partial charge in [0.2, 0.25) is 17.6 Å². The zero-order chi connectivity index (χ0) is 30.7. The molecule has 0 bridgehead atoms. The molecule has 2 aromatic heterocycles. The van der Waals surface area contributed by atoms with E-state index < -0.39 is 22.8 Å². The molecule has 42 heavy (non-hydrogen) atoms. The lowest BCUT2D eigenvalue weighted by molar-refractivity contribution is -0.117. The van der Waals surface area contributed by atoms with Crippen LogP contribution in [0.3, 0.4) is 0 Å². The van der Waals surface area contributed by atoms with E-state index in [4.69, 9.17) is 37.5 Å². The van der Waals surface area contributed by atoms with Crippen molar-refractivity contribution in [2.45, 2.75) is 51.0 Å². The zero-order valence-electron chi connectivity index (χ0n) is 23.5. The molecule has 0 aliphatic heterocycles. The number of nitrogens with one attached hydrogen (secondary N) is 4. The van der Waals surface area contributed by atoms with Gasteiger partial charge < -0.3 is 35.3 Å². The van der Waals surface area contributed by atoms with E-state index in [1.165, 1.54) is 13.2 Å². The number of carbonyl (C=O) groups excluding carboxylic acids is 3. The van der Waals surface area contributed by atoms with Crippen LogP contribution in [-0.2, 0) is 16.1 Å². The summed E-state index contributed by atoms with van der Waals surface area (Å²) < 4.78 is 16.1. The molecule has 3 amide bonds. The van der Waals surface area contributed by atoms with Gasteiger partial charge in [-0.25, -0.2) is 4.79 Å². The standard InChI is InChI=1S/C25H27B3N8O6/c1-24(2,3)41-23(39)29-11-17-32-20(36-42-17)13-6-5-7-14(19(13)40-4)30-15-10-16(31-21(37)12-8-9-12)34-35-18(15)22(38)33-25(26,27)28/h5-7,10,12H,8-9,11H2,1-4H3,(H,29,39)(H,33,38)(H2,30,31,34,37). The molecule has 1 fully saturated rings. The molecule has 3 aromatic rings. The second-order valence-electron chi connectivity index (χ2n) is 10.5. The minimum atomic E-state index is -2.03. The van der Waals surface area contributed by atoms with E-state index >= 15 is 0 Å². The van der Waals surface area contributed by atoms with Crippen LogP contribution < -0.4 is 26.0 Å². The second-order valence-corrected chi connectivity index (χ2v) is 10.5. The van der Waals surface area contributed by atoms with Crippen LogP contribution in [0.4, 0.5) is 22.0 Å². The van der Waals surface area contributed by atoms with Gasteiger partial charge in [-0.15, -0.1) is 10.2 Å². The third kappa shape index (κ3) is 8.24. The van der Waals surface area contributed by atoms with Crippen LogP contribution in [0.15, 0.2) is 28.8 Å². The molecular formula is C25H27B3N8O6. The van der Waals surface area contributed by atoms with Gasteiger partial charge in [-0.2, -0.15) is 4.98 Å². The number of hydrogen-bond donors (Lipinski definition) is 4. The van der Waals surface area contributed by atoms with Gasteiger partial charge in [0.1, 0.15) is 12.1 Å². The number of aromatic nitrogens is 4. The molecule has 0 atom stereocenters. The molecule has 0 saturated heterocycles. The van der Waals surface area contributed by atoms with Crippen LogP contribution in [0.25, 0.3) is 11.4 Å². The van der Waals surface area contributed by atoms with Crippen LogP contribution in [0.1, 0.15) is 50.0 Å². The number of alkyl carbamates (subject to hydrolysis) is 1. The highest BCUT2D eigenvalue weighted by Crippen LogP contribution is 2.37. The molecule has 17 heteroatoms. The van der Waals surface area contributed by atoms with Crippen molar-refractivity contribution in [3.8, 4) is 17.1 Å². The maximum Gasteiger partial charge on any atom is 0.408 e. The Bertz CT molecular complexity index is 1480. The summed E-state index contributed by atoms with van der Waals surface area (Å²) in [6, 6.07) is 6.46. The molecular weight excluding hydrogens is 541 g/mol. The summed E-state index contributed by atoms with van der Waals surface area (Å²) in [5.74, 6) is -0.436. The molecule has 212 valence electrons. The highest BCUT2D eigenvalue weighted by Gasteiger charge is 2.30. The summed E-state index contributed by atoms with van der Waals surface area (Å²) in [5, 5.41) is 20.4. The summed E-state index contributed by atoms with van der Waals surface area (Å²) in [6.07, 6.45) is 0.936. The van der Waals surface area contributed by atoms with Crippen molar-refractivity contribution in [3.63, 3.8) is 0 Å². The molecule has 0 spiro atoms. The van der Waals surface area contributed by atoms with E-state index in [0.717, 1.165) is 12.8 Å². The normalized spacial score (nSPS) is 13.1. The fourth-order valence-corrected chi connectivity index (χ4v) is 3.62. The Morgan fingerprint density at radius 3 is 2.48 bits per heavy atom. The van der Waals surface area contributed by atoms with Crippen LogP contribution >= 0.6 is 0 Å². The predicted octanol–water partition coefficient (Wildman–Crippen LogP) is 1.50. The van der Waals surface area contributed by atoms with Crippen molar-refractivity contribution in [2.24, 2.45) is 5.92 Å². The number of methoxy groups -OCH3 is 1. The van der Waals surface area contributed by atoms with E-state index in [1.807, 2.05) is 0 Å². The highest BCUT2D eigenvalue weighted by molar-refractivity contribution is 6.60. The van der Waals surface area contributed by atoms with Crippen molar-refractivity contribution in [3.05, 3.63) is 35.9 Å². The molecule has 4 N–H and O–H groups in total. The largest absolute Gasteiger partial charge is 0.494 e. The van der Waals surface area contributed by atoms with E-state index in [-0.39, 0.29) is 53.0 Å². The third-order valence-electron chi connectivity index (χ3n) is 5.52. The Morgan fingerprint density at radius 1 is 1.10 bits per heavy atom. The molecule has 4 rings (SSSR count). The van der Waals surface area contributed by atoms with Crippen molar-refractivity contribution < 1.29 is 28.4 Å². The first-order valence-corrected chi connectivity index (χ1v) is 12.8. The molecule has 2 heterocycles. The van der Waals surface area contributed by atoms with Gasteiger partial charge in [0.05, 0.1) is 47.6 Å². The van der Waals surface area contributed by atoms with Gasteiger partial charge in [-0.05, 0) is 45.7 Å². The second kappa shape index (κ2) is 12.1. The van der Waals surface area contributed by atoms with Crippen LogP contribution in [0.2, 0.25) is 0 Å². The third-order valence-corrected chi connectivity index (χ3v) is 5.52. The highest BCUT2D eigenvalue weighted by atomic mass is 16.6. The zero-order valence-corrected chi connectivity index (χ0v) is 23.5. The number of hydrogen-bond acceptors (Lipinski definition) is 11. The molecule has 6 radical (unpaired) electrons. The van der Waals surface area contributed by atoms with Gasteiger partial charge >= 0.3 is 6.09 Å². The smallest absolute Gasteiger partial charge is 0.408 e. The lowest BCUT2D eigenvalue weighted by Gasteiger charge is -2.23. The van der Waals surface area contributed by atoms with Crippen LogP contribution in [-0.4, -0.2) is 79.7 Å². The summed E-state index contributed by atoms with van der Waals surface area (Å²) in [6.45, 7) is 5.17. The van der Waals surface area contributed by atoms with Gasteiger partial charge in [-0.3, -0.25) is 9.59 Å². The maximum atomic E-state index is 12.9. The van der Waals surface area contributed by atoms with E-state index in [9.17, 15) is 14.4 Å². The molecule has 1 aliphatic rings. The molecule has 0 unspecified atom stereocenters. The van der Waals surface area contributed by atoms with E-state index in [1.54, 1.807) is 39.0 Å². The lowest BCUT2D eigenvalue weighted by atomic mass is 9.49. The van der Waals surface area contributed by atoms with Gasteiger partial charge in [-0.1, -0.05) is 16.5 Å². The van der Waals surface area contributed by atoms with Crippen molar-refractivity contribution in [2.75, 3.05) is 17.7 Å². The van der Waals surface area contributed by atoms with E-state index in [0.29, 0.717) is 11.3 Å². The number of nitrogens with zero attached hydrogens (tertiary/aromatic N) is 4. The molecule has 1 saturated carbocycles. The minimum Gasteiger partial charge on any atom is -0.494 e. The number of rotatable bonds is 10. The van der Waals surface area contributed by atoms with Gasteiger partial charge in [0, 0.05) is 12.0 Å². The number of carbonyl (C=O) groups is 3. The number of benzene rings is 1. The lowest BCUT2D eigenvalue weighted by Crippen LogP contribution is -2.50. The minimum absolute atomic E-state index is 0.0659. The Balaban J connectivity index is 1.61. The van der Waals surface area contributed by atoms with Crippen LogP contribution in [0.5, 0.6) is 5.75 Å². The Hall–Kier alpha value is -4.56. The average Bonchev–Trinajstić information content (AvgIpc) is 3.63. The van der Waals surface area contributed by atoms with Crippen molar-refractivity contribution >= 4 is 58.6 Å². The number of ether oxygens (including phenoxy) is 2. The monoisotopic (exact) mass is 568 g/mol. The fraction of sp³-hybridized carbons (Fsp3) is 0.400. The summed E-state index contributed by atoms with van der Waals surface area (Å²) in [4.78, 5) is 41.5. The SMILES string of the molecule is [B]C([B])([B])NC(=O)c1nnc(NC(=O)C2CC2)cc1Nc1cccc(-c2noc(CNC(=O)OC(C)(C)C)n2)c1OC. The quantitative estimate of drug-likeness (QED) is 0.260. The first-order valence-electron chi connectivity index (χ1n) is 12.8. The topological polar surface area (TPSA) is 182 Å². The first-order chi connectivity index (χ1) is 19.7. The molecule has 14 nitrogen and oxygen atoms in total. The van der Waals surface area contributed by atoms with Gasteiger partial charge in [0.15, 0.2) is 17.3 Å². The number of para-hydroxylation sites is 1. The van der Waals surface area contributed by atoms with Crippen molar-refractivity contribution in [1.82, 2.24) is 31.0 Å². The number of anilines is 3. The van der Waals surface area contributed by atoms with Gasteiger partial charge in [0.25, 0.3) is 5.91 Å². The molecule has 1 aliphatic carbocycles. The summed E-state index contributed by atoms with van der Waals surface area (Å²) in [7, 11) is 18.0. The van der Waals surface area contributed by atoms with Crippen molar-refractivity contribution in [1.29, 1.82) is 0 Å². The summed E-state index contributed by atoms with van der Waals surface area (Å²) >= 11 is 0.